The summed E-state index contributed by atoms with van der Waals surface area (Å²) in [5.41, 5.74) is 19.9. The molecule has 2 heteroatoms. The van der Waals surface area contributed by atoms with Gasteiger partial charge in [0.2, 0.25) is 0 Å². The molecule has 0 saturated carbocycles. The smallest absolute Gasteiger partial charge is 0.00179 e. The van der Waals surface area contributed by atoms with E-state index in [-0.39, 0.29) is 0 Å². The summed E-state index contributed by atoms with van der Waals surface area (Å²) in [5.74, 6) is 0.653. The van der Waals surface area contributed by atoms with E-state index in [1.165, 1.54) is 28.5 Å². The molecular weight excluding hydrogens is 424 g/mol. The van der Waals surface area contributed by atoms with E-state index >= 15 is 0 Å². The third kappa shape index (κ3) is 21.4. The highest BCUT2D eigenvalue weighted by Crippen LogP contribution is 2.21. The zero-order chi connectivity index (χ0) is 28.1. The van der Waals surface area contributed by atoms with E-state index in [9.17, 15) is 0 Å². The number of benzene rings is 1. The quantitative estimate of drug-likeness (QED) is 0.383. The summed E-state index contributed by atoms with van der Waals surface area (Å²) in [5, 5.41) is 0. The first-order valence-electron chi connectivity index (χ1n) is 12.4. The van der Waals surface area contributed by atoms with Crippen LogP contribution in [-0.4, -0.2) is 6.04 Å². The Morgan fingerprint density at radius 3 is 1.60 bits per heavy atom. The zero-order valence-electron chi connectivity index (χ0n) is 24.5. The Morgan fingerprint density at radius 1 is 0.914 bits per heavy atom. The number of aryl methyl sites for hydroxylation is 1. The average molecular weight is 479 g/mol. The van der Waals surface area contributed by atoms with Crippen LogP contribution in [0.5, 0.6) is 0 Å². The molecule has 35 heavy (non-hydrogen) atoms. The average Bonchev–Trinajstić information content (AvgIpc) is 2.74. The van der Waals surface area contributed by atoms with Crippen molar-refractivity contribution in [2.75, 3.05) is 0 Å². The third-order valence-corrected chi connectivity index (χ3v) is 4.65. The lowest BCUT2D eigenvalue weighted by Crippen LogP contribution is -2.06. The second-order valence-corrected chi connectivity index (χ2v) is 9.40. The molecular formula is C33H54N2. The van der Waals surface area contributed by atoms with Gasteiger partial charge in [0.25, 0.3) is 0 Å². The molecule has 196 valence electrons. The van der Waals surface area contributed by atoms with E-state index in [1.807, 2.05) is 33.8 Å². The van der Waals surface area contributed by atoms with Gasteiger partial charge >= 0.3 is 0 Å². The van der Waals surface area contributed by atoms with Crippen LogP contribution in [0.3, 0.4) is 0 Å². The van der Waals surface area contributed by atoms with Crippen LogP contribution >= 0.6 is 0 Å². The number of rotatable bonds is 7. The third-order valence-electron chi connectivity index (χ3n) is 4.65. The maximum atomic E-state index is 5.20. The topological polar surface area (TPSA) is 52.0 Å². The van der Waals surface area contributed by atoms with Crippen molar-refractivity contribution in [1.82, 2.24) is 0 Å². The first-order valence-corrected chi connectivity index (χ1v) is 12.4. The highest BCUT2D eigenvalue weighted by Gasteiger charge is 2.02. The van der Waals surface area contributed by atoms with Crippen LogP contribution in [0.2, 0.25) is 0 Å². The van der Waals surface area contributed by atoms with Crippen molar-refractivity contribution in [1.29, 1.82) is 0 Å². The van der Waals surface area contributed by atoms with Crippen LogP contribution in [0, 0.1) is 6.92 Å². The van der Waals surface area contributed by atoms with Gasteiger partial charge in [0.15, 0.2) is 0 Å². The number of allylic oxidation sites excluding steroid dienone is 9. The van der Waals surface area contributed by atoms with Gasteiger partial charge in [-0.2, -0.15) is 0 Å². The van der Waals surface area contributed by atoms with Crippen molar-refractivity contribution in [2.24, 2.45) is 11.5 Å². The van der Waals surface area contributed by atoms with Crippen LogP contribution in [-0.2, 0) is 0 Å². The molecule has 0 spiro atoms. The molecule has 0 amide bonds. The molecule has 0 aromatic heterocycles. The Labute approximate surface area is 218 Å². The van der Waals surface area contributed by atoms with Crippen molar-refractivity contribution < 1.29 is 0 Å². The van der Waals surface area contributed by atoms with Gasteiger partial charge < -0.3 is 11.5 Å². The molecule has 0 bridgehead atoms. The Bertz CT molecular complexity index is 850. The van der Waals surface area contributed by atoms with E-state index in [2.05, 4.69) is 92.1 Å². The van der Waals surface area contributed by atoms with Crippen molar-refractivity contribution >= 4 is 0 Å². The minimum Gasteiger partial charge on any atom is -0.405 e. The van der Waals surface area contributed by atoms with E-state index in [4.69, 9.17) is 11.5 Å². The van der Waals surface area contributed by atoms with Crippen LogP contribution in [0.1, 0.15) is 85.8 Å². The number of nitrogens with two attached hydrogens (primary N) is 2. The first kappa shape index (κ1) is 36.7. The van der Waals surface area contributed by atoms with E-state index in [0.717, 1.165) is 28.7 Å². The fourth-order valence-electron chi connectivity index (χ4n) is 2.65. The first-order chi connectivity index (χ1) is 16.2. The molecule has 0 saturated heterocycles. The number of hydrogen-bond donors (Lipinski definition) is 2. The Hall–Kier alpha value is -2.84. The Kier molecular flexibility index (Phi) is 22.7. The molecule has 0 fully saturated rings. The molecule has 0 aliphatic rings. The monoisotopic (exact) mass is 478 g/mol. The Morgan fingerprint density at radius 2 is 1.37 bits per heavy atom. The summed E-state index contributed by atoms with van der Waals surface area (Å²) < 4.78 is 0. The predicted octanol–water partition coefficient (Wildman–Crippen LogP) is 9.48. The fourth-order valence-corrected chi connectivity index (χ4v) is 2.65. The van der Waals surface area contributed by atoms with Crippen LogP contribution in [0.25, 0.3) is 0 Å². The minimum absolute atomic E-state index is 0.333. The van der Waals surface area contributed by atoms with Crippen LogP contribution in [0.4, 0.5) is 0 Å². The highest BCUT2D eigenvalue weighted by atomic mass is 14.6. The molecule has 0 radical (unpaired) electrons. The zero-order valence-corrected chi connectivity index (χ0v) is 24.5. The van der Waals surface area contributed by atoms with Crippen LogP contribution < -0.4 is 11.5 Å². The lowest BCUT2D eigenvalue weighted by atomic mass is 9.96. The van der Waals surface area contributed by atoms with Gasteiger partial charge in [0.05, 0.1) is 0 Å². The SMILES string of the molecule is C=C(C)C(=C)C(CC)=C(C)C.C=C/C=C(\C=C/N)C(=C)C.CC(C)N.Cc1ccc(C(C)C)cc1. The summed E-state index contributed by atoms with van der Waals surface area (Å²) in [6.45, 7) is 35.9. The van der Waals surface area contributed by atoms with Crippen molar-refractivity contribution in [2.45, 2.75) is 87.6 Å². The molecule has 0 heterocycles. The summed E-state index contributed by atoms with van der Waals surface area (Å²) in [7, 11) is 0. The lowest BCUT2D eigenvalue weighted by Gasteiger charge is -2.10. The van der Waals surface area contributed by atoms with Gasteiger partial charge in [-0.25, -0.2) is 0 Å². The molecule has 0 atom stereocenters. The molecule has 1 rings (SSSR count). The maximum absolute atomic E-state index is 5.20. The minimum atomic E-state index is 0.333. The summed E-state index contributed by atoms with van der Waals surface area (Å²) in [6.07, 6.45) is 7.91. The maximum Gasteiger partial charge on any atom is -0.00179 e. The van der Waals surface area contributed by atoms with Crippen molar-refractivity contribution in [3.05, 3.63) is 120 Å². The van der Waals surface area contributed by atoms with Crippen LogP contribution in [0.15, 0.2) is 108 Å². The van der Waals surface area contributed by atoms with Gasteiger partial charge in [-0.3, -0.25) is 0 Å². The summed E-state index contributed by atoms with van der Waals surface area (Å²) in [6, 6.07) is 9.05. The van der Waals surface area contributed by atoms with Gasteiger partial charge in [-0.1, -0.05) is 120 Å². The van der Waals surface area contributed by atoms with Gasteiger partial charge in [0, 0.05) is 0 Å². The van der Waals surface area contributed by atoms with E-state index in [1.54, 1.807) is 12.2 Å². The molecule has 0 aliphatic carbocycles. The standard InChI is InChI=1S/C11H18.C10H14.C9H13N.C3H9N/c1-7-11(9(4)5)10(6)8(2)3;1-8(2)10-6-4-9(3)5-7-10;1-4-5-9(6-7-10)8(2)3;1-3(2)4/h2,6-7H2,1,3-5H3;4-8H,1-3H3;4-7H,1-2,10H2,3H3;3H,4H2,1-2H3/b;;7-6-,9-5+;. The lowest BCUT2D eigenvalue weighted by molar-refractivity contribution is 0.834. The molecule has 1 aromatic carbocycles. The normalized spacial score (nSPS) is 10.3. The molecule has 2 nitrogen and oxygen atoms in total. The second-order valence-electron chi connectivity index (χ2n) is 9.40. The molecule has 0 aliphatic heterocycles. The summed E-state index contributed by atoms with van der Waals surface area (Å²) in [4.78, 5) is 0. The van der Waals surface area contributed by atoms with Crippen molar-refractivity contribution in [3.8, 4) is 0 Å². The predicted molar refractivity (Wildman–Crippen MR) is 164 cm³/mol. The van der Waals surface area contributed by atoms with Gasteiger partial charge in [-0.05, 0) is 87.6 Å². The van der Waals surface area contributed by atoms with E-state index < -0.39 is 0 Å². The Balaban J connectivity index is -0.000000408. The second kappa shape index (κ2) is 21.7. The van der Waals surface area contributed by atoms with Crippen molar-refractivity contribution in [3.63, 3.8) is 0 Å². The molecule has 1 aromatic rings. The summed E-state index contributed by atoms with van der Waals surface area (Å²) >= 11 is 0. The fraction of sp³-hybridized carbons (Fsp3) is 0.394. The van der Waals surface area contributed by atoms with E-state index in [0.29, 0.717) is 12.0 Å². The highest BCUT2D eigenvalue weighted by molar-refractivity contribution is 5.43. The molecule has 4 N–H and O–H groups in total. The molecule has 0 unspecified atom stereocenters. The van der Waals surface area contributed by atoms with Gasteiger partial charge in [0.1, 0.15) is 0 Å². The number of hydrogen-bond acceptors (Lipinski definition) is 2. The largest absolute Gasteiger partial charge is 0.405 e. The van der Waals surface area contributed by atoms with Gasteiger partial charge in [-0.15, -0.1) is 0 Å².